The van der Waals surface area contributed by atoms with Gasteiger partial charge in [0.05, 0.1) is 24.9 Å². The summed E-state index contributed by atoms with van der Waals surface area (Å²) >= 11 is 0. The van der Waals surface area contributed by atoms with Crippen molar-refractivity contribution in [1.29, 1.82) is 0 Å². The van der Waals surface area contributed by atoms with Crippen LogP contribution in [0.15, 0.2) is 103 Å². The van der Waals surface area contributed by atoms with Gasteiger partial charge in [-0.05, 0) is 59.5 Å². The number of nitrogens with zero attached hydrogens (tertiary/aromatic N) is 1. The zero-order valence-corrected chi connectivity index (χ0v) is 23.8. The minimum absolute atomic E-state index is 0.00470. The fourth-order valence-corrected chi connectivity index (χ4v) is 5.43. The van der Waals surface area contributed by atoms with Gasteiger partial charge in [-0.3, -0.25) is 4.90 Å². The largest absolute Gasteiger partial charge is 0.392 e. The third-order valence-corrected chi connectivity index (χ3v) is 8.05. The van der Waals surface area contributed by atoms with Gasteiger partial charge in [0.1, 0.15) is 0 Å². The maximum atomic E-state index is 11.0. The number of hydrogen-bond donors (Lipinski definition) is 3. The van der Waals surface area contributed by atoms with Crippen LogP contribution in [0, 0.1) is 0 Å². The van der Waals surface area contributed by atoms with Gasteiger partial charge in [-0.25, -0.2) is 0 Å². The quantitative estimate of drug-likeness (QED) is 0.227. The van der Waals surface area contributed by atoms with Crippen LogP contribution in [0.25, 0.3) is 11.1 Å². The van der Waals surface area contributed by atoms with Gasteiger partial charge in [-0.15, -0.1) is 0 Å². The SMILES string of the molecule is C[C@@H]([C@H](O)c1ccccc1)N(C)C[C@@H]1C[C@H](c2ccc(CO)cc2)O[C@H](c2cccc(-c3cccc(CN)c3)c2)O1. The van der Waals surface area contributed by atoms with E-state index in [0.717, 1.165) is 38.9 Å². The molecule has 0 bridgehead atoms. The van der Waals surface area contributed by atoms with Gasteiger partial charge >= 0.3 is 0 Å². The molecule has 0 unspecified atom stereocenters. The van der Waals surface area contributed by atoms with E-state index in [4.69, 9.17) is 15.2 Å². The molecule has 1 fully saturated rings. The molecule has 1 heterocycles. The van der Waals surface area contributed by atoms with Crippen LogP contribution in [0.4, 0.5) is 0 Å². The van der Waals surface area contributed by atoms with Gasteiger partial charge in [0.2, 0.25) is 0 Å². The Morgan fingerprint density at radius 2 is 1.54 bits per heavy atom. The molecule has 4 aromatic carbocycles. The Morgan fingerprint density at radius 1 is 0.829 bits per heavy atom. The zero-order chi connectivity index (χ0) is 28.8. The topological polar surface area (TPSA) is 88.2 Å². The second kappa shape index (κ2) is 13.5. The van der Waals surface area contributed by atoms with Crippen LogP contribution in [-0.2, 0) is 22.6 Å². The Labute approximate surface area is 243 Å². The lowest BCUT2D eigenvalue weighted by Gasteiger charge is -2.39. The van der Waals surface area contributed by atoms with Gasteiger partial charge < -0.3 is 25.4 Å². The van der Waals surface area contributed by atoms with Crippen LogP contribution in [-0.4, -0.2) is 40.9 Å². The first kappa shape index (κ1) is 29.1. The summed E-state index contributed by atoms with van der Waals surface area (Å²) in [5.41, 5.74) is 12.9. The van der Waals surface area contributed by atoms with Gasteiger partial charge in [0.15, 0.2) is 6.29 Å². The monoisotopic (exact) mass is 552 g/mol. The van der Waals surface area contributed by atoms with E-state index in [1.807, 2.05) is 92.8 Å². The maximum absolute atomic E-state index is 11.0. The first-order chi connectivity index (χ1) is 19.9. The summed E-state index contributed by atoms with van der Waals surface area (Å²) in [5, 5.41) is 20.6. The van der Waals surface area contributed by atoms with Crippen molar-refractivity contribution in [1.82, 2.24) is 4.90 Å². The molecule has 41 heavy (non-hydrogen) atoms. The molecule has 0 aromatic heterocycles. The number of likely N-dealkylation sites (N-methyl/N-ethyl adjacent to an activating group) is 1. The fourth-order valence-electron chi connectivity index (χ4n) is 5.43. The van der Waals surface area contributed by atoms with E-state index in [2.05, 4.69) is 29.2 Å². The van der Waals surface area contributed by atoms with Crippen LogP contribution in [0.1, 0.15) is 59.7 Å². The molecule has 0 radical (unpaired) electrons. The van der Waals surface area contributed by atoms with Gasteiger partial charge in [0, 0.05) is 31.1 Å². The second-order valence-electron chi connectivity index (χ2n) is 10.9. The summed E-state index contributed by atoms with van der Waals surface area (Å²) in [6.45, 7) is 3.17. The van der Waals surface area contributed by atoms with Crippen molar-refractivity contribution in [3.8, 4) is 11.1 Å². The molecule has 1 aliphatic rings. The van der Waals surface area contributed by atoms with Crippen molar-refractivity contribution >= 4 is 0 Å². The molecule has 4 N–H and O–H groups in total. The summed E-state index contributed by atoms with van der Waals surface area (Å²) in [4.78, 5) is 2.16. The van der Waals surface area contributed by atoms with Crippen molar-refractivity contribution in [2.24, 2.45) is 5.73 Å². The van der Waals surface area contributed by atoms with Crippen molar-refractivity contribution < 1.29 is 19.7 Å². The smallest absolute Gasteiger partial charge is 0.184 e. The number of aliphatic hydroxyl groups is 2. The molecular formula is C35H40N2O4. The lowest BCUT2D eigenvalue weighted by molar-refractivity contribution is -0.253. The molecule has 4 aromatic rings. The fraction of sp³-hybridized carbons (Fsp3) is 0.314. The summed E-state index contributed by atoms with van der Waals surface area (Å²) in [6, 6.07) is 34.1. The molecule has 5 rings (SSSR count). The molecule has 1 saturated heterocycles. The Hall–Kier alpha value is -3.36. The highest BCUT2D eigenvalue weighted by Gasteiger charge is 2.34. The summed E-state index contributed by atoms with van der Waals surface area (Å²) in [5.74, 6) is 0. The summed E-state index contributed by atoms with van der Waals surface area (Å²) in [7, 11) is 2.03. The number of benzene rings is 4. The molecular weight excluding hydrogens is 512 g/mol. The minimum atomic E-state index is -0.611. The first-order valence-corrected chi connectivity index (χ1v) is 14.3. The van der Waals surface area contributed by atoms with Crippen molar-refractivity contribution in [3.05, 3.63) is 131 Å². The third kappa shape index (κ3) is 7.11. The van der Waals surface area contributed by atoms with Gasteiger partial charge in [-0.1, -0.05) is 91.0 Å². The normalized spacial score (nSPS) is 20.6. The van der Waals surface area contributed by atoms with E-state index < -0.39 is 12.4 Å². The Morgan fingerprint density at radius 3 is 2.24 bits per heavy atom. The van der Waals surface area contributed by atoms with E-state index >= 15 is 0 Å². The number of rotatable bonds is 10. The molecule has 6 nitrogen and oxygen atoms in total. The molecule has 0 aliphatic carbocycles. The molecule has 1 aliphatic heterocycles. The Bertz CT molecular complexity index is 1390. The van der Waals surface area contributed by atoms with E-state index in [1.54, 1.807) is 0 Å². The molecule has 0 amide bonds. The number of aliphatic hydroxyl groups excluding tert-OH is 2. The van der Waals surface area contributed by atoms with Crippen molar-refractivity contribution in [3.63, 3.8) is 0 Å². The predicted molar refractivity (Wildman–Crippen MR) is 162 cm³/mol. The number of ether oxygens (including phenoxy) is 2. The Balaban J connectivity index is 1.39. The summed E-state index contributed by atoms with van der Waals surface area (Å²) < 4.78 is 13.2. The first-order valence-electron chi connectivity index (χ1n) is 14.3. The van der Waals surface area contributed by atoms with Crippen LogP contribution < -0.4 is 5.73 Å². The second-order valence-corrected chi connectivity index (χ2v) is 10.9. The van der Waals surface area contributed by atoms with Gasteiger partial charge in [-0.2, -0.15) is 0 Å². The lowest BCUT2D eigenvalue weighted by Crippen LogP contribution is -2.43. The van der Waals surface area contributed by atoms with E-state index in [-0.39, 0.29) is 24.9 Å². The molecule has 0 spiro atoms. The Kier molecular flexibility index (Phi) is 9.62. The van der Waals surface area contributed by atoms with Crippen LogP contribution >= 0.6 is 0 Å². The minimum Gasteiger partial charge on any atom is -0.392 e. The van der Waals surface area contributed by atoms with E-state index in [9.17, 15) is 10.2 Å². The molecule has 5 atom stereocenters. The molecule has 0 saturated carbocycles. The highest BCUT2D eigenvalue weighted by molar-refractivity contribution is 5.65. The average Bonchev–Trinajstić information content (AvgIpc) is 3.04. The molecule has 6 heteroatoms. The number of nitrogens with two attached hydrogens (primary N) is 1. The average molecular weight is 553 g/mol. The highest BCUT2D eigenvalue weighted by atomic mass is 16.7. The lowest BCUT2D eigenvalue weighted by atomic mass is 9.97. The van der Waals surface area contributed by atoms with Crippen molar-refractivity contribution in [2.45, 2.75) is 57.1 Å². The standard InChI is InChI=1S/C35H40N2O4/c1-24(34(39)28-9-4-3-5-10-28)37(2)22-32-20-33(27-16-14-25(23-38)15-17-27)41-35(40-32)31-13-7-12-30(19-31)29-11-6-8-26(18-29)21-36/h3-19,24,32-35,38-39H,20-23,36H2,1-2H3/t24-,32-,33+,34-,35+/m0/s1. The predicted octanol–water partition coefficient (Wildman–Crippen LogP) is 5.90. The van der Waals surface area contributed by atoms with Crippen LogP contribution in [0.5, 0.6) is 0 Å². The highest BCUT2D eigenvalue weighted by Crippen LogP contribution is 2.39. The zero-order valence-electron chi connectivity index (χ0n) is 23.8. The van der Waals surface area contributed by atoms with Crippen molar-refractivity contribution in [2.75, 3.05) is 13.6 Å². The van der Waals surface area contributed by atoms with Crippen LogP contribution in [0.2, 0.25) is 0 Å². The van der Waals surface area contributed by atoms with Crippen LogP contribution in [0.3, 0.4) is 0 Å². The number of hydrogen-bond acceptors (Lipinski definition) is 6. The molecule has 214 valence electrons. The third-order valence-electron chi connectivity index (χ3n) is 8.05. The summed E-state index contributed by atoms with van der Waals surface area (Å²) in [6.07, 6.45) is -0.809. The van der Waals surface area contributed by atoms with Gasteiger partial charge in [0.25, 0.3) is 0 Å². The van der Waals surface area contributed by atoms with E-state index in [0.29, 0.717) is 19.5 Å². The van der Waals surface area contributed by atoms with E-state index in [1.165, 1.54) is 0 Å². The maximum Gasteiger partial charge on any atom is 0.184 e.